The Labute approximate surface area is 213 Å². The highest BCUT2D eigenvalue weighted by Crippen LogP contribution is 2.77. The first-order chi connectivity index (χ1) is 16.4. The van der Waals surface area contributed by atoms with Crippen molar-refractivity contribution in [2.24, 2.45) is 62.6 Å². The lowest BCUT2D eigenvalue weighted by molar-refractivity contribution is -0.182. The molecule has 0 aliphatic heterocycles. The fraction of sp³-hybridized carbons (Fsp3) is 0.903. The summed E-state index contributed by atoms with van der Waals surface area (Å²) >= 11 is 0. The summed E-state index contributed by atoms with van der Waals surface area (Å²) in [6, 6.07) is 0. The molecule has 0 spiro atoms. The average Bonchev–Trinajstić information content (AvgIpc) is 3.08. The fourth-order valence-electron chi connectivity index (χ4n) is 11.4. The van der Waals surface area contributed by atoms with Crippen LogP contribution in [0.15, 0.2) is 11.6 Å². The van der Waals surface area contributed by atoms with Gasteiger partial charge in [0.05, 0.1) is 12.5 Å². The Morgan fingerprint density at radius 1 is 1.03 bits per heavy atom. The van der Waals surface area contributed by atoms with Crippen LogP contribution in [0.5, 0.6) is 0 Å². The number of aliphatic hydroxyl groups excluding tert-OH is 2. The molecule has 6 unspecified atom stereocenters. The van der Waals surface area contributed by atoms with E-state index in [-0.39, 0.29) is 58.1 Å². The molecule has 2 N–H and O–H groups in total. The van der Waals surface area contributed by atoms with Crippen LogP contribution in [0.25, 0.3) is 0 Å². The number of carbonyl (C=O) groups is 1. The van der Waals surface area contributed by atoms with Crippen molar-refractivity contribution >= 4 is 5.97 Å². The number of aliphatic hydroxyl groups is 2. The lowest BCUT2D eigenvalue weighted by atomic mass is 9.35. The summed E-state index contributed by atoms with van der Waals surface area (Å²) in [5.74, 6) is 2.52. The third-order valence-electron chi connectivity index (χ3n) is 13.8. The predicted molar refractivity (Wildman–Crippen MR) is 138 cm³/mol. The Morgan fingerprint density at radius 3 is 2.37 bits per heavy atom. The van der Waals surface area contributed by atoms with Gasteiger partial charge in [0, 0.05) is 13.2 Å². The van der Waals surface area contributed by atoms with Gasteiger partial charge in [0.1, 0.15) is 0 Å². The monoisotopic (exact) mass is 486 g/mol. The van der Waals surface area contributed by atoms with Crippen molar-refractivity contribution in [3.8, 4) is 0 Å². The first kappa shape index (κ1) is 25.8. The number of hydrogen-bond acceptors (Lipinski definition) is 4. The fourth-order valence-corrected chi connectivity index (χ4v) is 11.4. The molecule has 0 radical (unpaired) electrons. The minimum absolute atomic E-state index is 0.0157. The molecule has 0 amide bonds. The Kier molecular flexibility index (Phi) is 5.94. The van der Waals surface area contributed by atoms with E-state index in [0.717, 1.165) is 44.9 Å². The standard InChI is InChI=1S/C31H50O4/c1-19-10-13-31(26(34)35-7)15-14-28(4)22(25(31)20(19)2)8-9-24-29(28,5)12-11-23-27(3,18-33)16-21(17-32)30(23,24)6/h8,19-21,23-25,32-33H,9-18H2,1-7H3/t19-,20+,21?,23?,24?,25?,27?,28-,29-,30+,31?/m1/s1. The van der Waals surface area contributed by atoms with Crippen LogP contribution >= 0.6 is 0 Å². The van der Waals surface area contributed by atoms with Gasteiger partial charge < -0.3 is 14.9 Å². The minimum Gasteiger partial charge on any atom is -0.469 e. The summed E-state index contributed by atoms with van der Waals surface area (Å²) in [6.07, 6.45) is 10.8. The summed E-state index contributed by atoms with van der Waals surface area (Å²) in [5, 5.41) is 21.0. The van der Waals surface area contributed by atoms with E-state index in [1.54, 1.807) is 12.7 Å². The molecule has 198 valence electrons. The van der Waals surface area contributed by atoms with Gasteiger partial charge in [0.2, 0.25) is 0 Å². The van der Waals surface area contributed by atoms with Gasteiger partial charge in [-0.25, -0.2) is 0 Å². The molecular weight excluding hydrogens is 436 g/mol. The summed E-state index contributed by atoms with van der Waals surface area (Å²) in [6.45, 7) is 15.0. The Balaban J connectivity index is 1.63. The zero-order chi connectivity index (χ0) is 25.6. The second-order valence-electron chi connectivity index (χ2n) is 14.6. The lowest BCUT2D eigenvalue weighted by Gasteiger charge is -2.69. The van der Waals surface area contributed by atoms with E-state index in [4.69, 9.17) is 4.74 Å². The maximum absolute atomic E-state index is 13.4. The van der Waals surface area contributed by atoms with E-state index in [9.17, 15) is 15.0 Å². The molecule has 4 heteroatoms. The lowest BCUT2D eigenvalue weighted by Crippen LogP contribution is -2.63. The van der Waals surface area contributed by atoms with Crippen molar-refractivity contribution in [1.82, 2.24) is 0 Å². The molecule has 5 aliphatic rings. The molecule has 0 saturated heterocycles. The Hall–Kier alpha value is -0.870. The van der Waals surface area contributed by atoms with Crippen LogP contribution in [-0.2, 0) is 9.53 Å². The molecule has 0 aromatic carbocycles. The van der Waals surface area contributed by atoms with Crippen LogP contribution in [0.4, 0.5) is 0 Å². The molecule has 0 aromatic heterocycles. The first-order valence-corrected chi connectivity index (χ1v) is 14.4. The van der Waals surface area contributed by atoms with Crippen molar-refractivity contribution < 1.29 is 19.7 Å². The number of rotatable bonds is 3. The molecule has 5 rings (SSSR count). The SMILES string of the molecule is COC(=O)C12CC[C@@H](C)[C@H](C)C1C1=CCC3[C@@]4(C)C(CO)CC(C)(CO)C4CC[C@@]3(C)[C@]1(C)CC2. The van der Waals surface area contributed by atoms with Crippen LogP contribution in [-0.4, -0.2) is 36.5 Å². The molecule has 5 aliphatic carbocycles. The third kappa shape index (κ3) is 2.96. The number of hydrogen-bond donors (Lipinski definition) is 2. The van der Waals surface area contributed by atoms with Crippen LogP contribution < -0.4 is 0 Å². The molecule has 4 nitrogen and oxygen atoms in total. The number of carbonyl (C=O) groups excluding carboxylic acids is 1. The molecule has 4 fully saturated rings. The average molecular weight is 487 g/mol. The van der Waals surface area contributed by atoms with Crippen LogP contribution in [0.2, 0.25) is 0 Å². The third-order valence-corrected chi connectivity index (χ3v) is 13.8. The normalized spacial score (nSPS) is 55.2. The predicted octanol–water partition coefficient (Wildman–Crippen LogP) is 6.01. The Bertz CT molecular complexity index is 912. The molecule has 0 bridgehead atoms. The second kappa shape index (κ2) is 8.06. The van der Waals surface area contributed by atoms with Gasteiger partial charge in [-0.1, -0.05) is 53.2 Å². The highest BCUT2D eigenvalue weighted by molar-refractivity contribution is 5.78. The molecule has 0 aromatic rings. The summed E-state index contributed by atoms with van der Waals surface area (Å²) in [5.41, 5.74) is 1.28. The van der Waals surface area contributed by atoms with E-state index in [1.807, 2.05) is 0 Å². The van der Waals surface area contributed by atoms with Gasteiger partial charge in [-0.05, 0) is 109 Å². The smallest absolute Gasteiger partial charge is 0.312 e. The number of allylic oxidation sites excluding steroid dienone is 2. The number of fused-ring (bicyclic) bond motifs is 7. The highest BCUT2D eigenvalue weighted by Gasteiger charge is 2.71. The zero-order valence-corrected chi connectivity index (χ0v) is 23.3. The van der Waals surface area contributed by atoms with Crippen molar-refractivity contribution in [2.45, 2.75) is 92.9 Å². The van der Waals surface area contributed by atoms with Gasteiger partial charge in [-0.2, -0.15) is 0 Å². The van der Waals surface area contributed by atoms with Crippen molar-refractivity contribution in [3.63, 3.8) is 0 Å². The van der Waals surface area contributed by atoms with Gasteiger partial charge in [-0.3, -0.25) is 4.79 Å². The van der Waals surface area contributed by atoms with E-state index >= 15 is 0 Å². The highest BCUT2D eigenvalue weighted by atomic mass is 16.5. The van der Waals surface area contributed by atoms with Crippen molar-refractivity contribution in [3.05, 3.63) is 11.6 Å². The maximum atomic E-state index is 13.4. The first-order valence-electron chi connectivity index (χ1n) is 14.4. The van der Waals surface area contributed by atoms with Crippen molar-refractivity contribution in [1.29, 1.82) is 0 Å². The number of methoxy groups -OCH3 is 1. The van der Waals surface area contributed by atoms with E-state index in [1.165, 1.54) is 6.42 Å². The van der Waals surface area contributed by atoms with Gasteiger partial charge >= 0.3 is 5.97 Å². The number of esters is 1. The summed E-state index contributed by atoms with van der Waals surface area (Å²) < 4.78 is 5.50. The molecule has 0 heterocycles. The maximum Gasteiger partial charge on any atom is 0.312 e. The van der Waals surface area contributed by atoms with E-state index in [0.29, 0.717) is 23.7 Å². The quantitative estimate of drug-likeness (QED) is 0.379. The largest absolute Gasteiger partial charge is 0.469 e. The summed E-state index contributed by atoms with van der Waals surface area (Å²) in [4.78, 5) is 13.4. The van der Waals surface area contributed by atoms with Gasteiger partial charge in [0.25, 0.3) is 0 Å². The summed E-state index contributed by atoms with van der Waals surface area (Å²) in [7, 11) is 1.58. The van der Waals surface area contributed by atoms with E-state index in [2.05, 4.69) is 47.6 Å². The molecule has 11 atom stereocenters. The molecule has 4 saturated carbocycles. The molecule has 35 heavy (non-hydrogen) atoms. The van der Waals surface area contributed by atoms with E-state index < -0.39 is 0 Å². The minimum atomic E-state index is -0.368. The van der Waals surface area contributed by atoms with Crippen LogP contribution in [0.1, 0.15) is 92.9 Å². The number of ether oxygens (including phenoxy) is 1. The van der Waals surface area contributed by atoms with Crippen LogP contribution in [0.3, 0.4) is 0 Å². The molecular formula is C31H50O4. The van der Waals surface area contributed by atoms with Crippen molar-refractivity contribution in [2.75, 3.05) is 20.3 Å². The zero-order valence-electron chi connectivity index (χ0n) is 23.3. The second-order valence-corrected chi connectivity index (χ2v) is 14.6. The van der Waals surface area contributed by atoms with Gasteiger partial charge in [0.15, 0.2) is 0 Å². The Morgan fingerprint density at radius 2 is 1.74 bits per heavy atom. The van der Waals surface area contributed by atoms with Crippen LogP contribution in [0, 0.1) is 62.6 Å². The topological polar surface area (TPSA) is 66.8 Å². The van der Waals surface area contributed by atoms with Gasteiger partial charge in [-0.15, -0.1) is 0 Å².